The molecule has 3 nitrogen and oxygen atoms in total. The molecule has 11 heavy (non-hydrogen) atoms. The van der Waals surface area contributed by atoms with Crippen LogP contribution in [0.1, 0.15) is 0 Å². The van der Waals surface area contributed by atoms with E-state index in [4.69, 9.17) is 9.52 Å². The van der Waals surface area contributed by atoms with Gasteiger partial charge in [-0.1, -0.05) is 6.07 Å². The average molecular weight is 150 g/mol. The summed E-state index contributed by atoms with van der Waals surface area (Å²) in [5, 5.41) is 18.6. The number of furan rings is 1. The summed E-state index contributed by atoms with van der Waals surface area (Å²) >= 11 is 0. The summed E-state index contributed by atoms with van der Waals surface area (Å²) in [5.41, 5.74) is 0.488. The summed E-state index contributed by atoms with van der Waals surface area (Å²) in [7, 11) is 0. The van der Waals surface area contributed by atoms with Crippen LogP contribution in [0.4, 0.5) is 0 Å². The van der Waals surface area contributed by atoms with Gasteiger partial charge in [-0.15, -0.1) is 0 Å². The molecule has 0 aliphatic carbocycles. The predicted molar refractivity (Wildman–Crippen MR) is 39.5 cm³/mol. The number of aromatic hydroxyl groups is 2. The maximum absolute atomic E-state index is 9.21. The van der Waals surface area contributed by atoms with Crippen LogP contribution in [0.5, 0.6) is 11.7 Å². The fourth-order valence-electron chi connectivity index (χ4n) is 1.03. The van der Waals surface area contributed by atoms with Crippen LogP contribution in [-0.4, -0.2) is 10.2 Å². The third-order valence-electron chi connectivity index (χ3n) is 1.53. The minimum absolute atomic E-state index is 0.117. The van der Waals surface area contributed by atoms with Gasteiger partial charge in [-0.3, -0.25) is 0 Å². The van der Waals surface area contributed by atoms with Gasteiger partial charge in [0, 0.05) is 6.07 Å². The van der Waals surface area contributed by atoms with Crippen LogP contribution in [0.25, 0.3) is 11.0 Å². The number of hydrogen-bond acceptors (Lipinski definition) is 3. The monoisotopic (exact) mass is 150 g/mol. The second-order valence-electron chi connectivity index (χ2n) is 2.27. The first-order chi connectivity index (χ1) is 5.27. The van der Waals surface area contributed by atoms with Crippen LogP contribution < -0.4 is 0 Å². The second kappa shape index (κ2) is 1.92. The maximum Gasteiger partial charge on any atom is 0.283 e. The van der Waals surface area contributed by atoms with Crippen molar-refractivity contribution in [3.05, 3.63) is 24.3 Å². The fourth-order valence-corrected chi connectivity index (χ4v) is 1.03. The molecule has 0 atom stereocenters. The summed E-state index contributed by atoms with van der Waals surface area (Å²) < 4.78 is 4.84. The predicted octanol–water partition coefficient (Wildman–Crippen LogP) is 1.84. The van der Waals surface area contributed by atoms with E-state index in [1.54, 1.807) is 12.1 Å². The molecule has 0 radical (unpaired) electrons. The Hall–Kier alpha value is -1.64. The molecule has 1 aromatic heterocycles. The van der Waals surface area contributed by atoms with Crippen molar-refractivity contribution in [1.29, 1.82) is 0 Å². The smallest absolute Gasteiger partial charge is 0.283 e. The topological polar surface area (TPSA) is 53.6 Å². The van der Waals surface area contributed by atoms with Crippen LogP contribution in [0.15, 0.2) is 28.7 Å². The Balaban J connectivity index is 2.90. The van der Waals surface area contributed by atoms with E-state index in [0.717, 1.165) is 0 Å². The van der Waals surface area contributed by atoms with Gasteiger partial charge in [0.05, 0.1) is 5.39 Å². The Kier molecular flexibility index (Phi) is 1.06. The summed E-state index contributed by atoms with van der Waals surface area (Å²) in [6.45, 7) is 0. The standard InChI is InChI=1S/C8H6O3/c9-6-2-1-3-7-5(6)4-8(10)11-7/h1-4,9-10H. The minimum Gasteiger partial charge on any atom is -0.507 e. The van der Waals surface area contributed by atoms with E-state index in [-0.39, 0.29) is 11.7 Å². The summed E-state index contributed by atoms with van der Waals surface area (Å²) in [5.74, 6) is -0.0620. The SMILES string of the molecule is Oc1cc2c(O)cccc2o1. The molecule has 0 spiro atoms. The molecule has 2 rings (SSSR count). The molecule has 0 bridgehead atoms. The molecule has 1 heterocycles. The van der Waals surface area contributed by atoms with Crippen LogP contribution in [0, 0.1) is 0 Å². The highest BCUT2D eigenvalue weighted by Gasteiger charge is 2.04. The molecule has 0 saturated heterocycles. The molecule has 0 unspecified atom stereocenters. The van der Waals surface area contributed by atoms with E-state index in [1.807, 2.05) is 0 Å². The lowest BCUT2D eigenvalue weighted by Gasteiger charge is -1.89. The largest absolute Gasteiger partial charge is 0.507 e. The normalized spacial score (nSPS) is 10.5. The van der Waals surface area contributed by atoms with Gasteiger partial charge in [-0.05, 0) is 12.1 Å². The van der Waals surface area contributed by atoms with Crippen LogP contribution >= 0.6 is 0 Å². The van der Waals surface area contributed by atoms with E-state index in [0.29, 0.717) is 11.0 Å². The molecule has 2 aromatic rings. The molecule has 3 heteroatoms. The third-order valence-corrected chi connectivity index (χ3v) is 1.53. The number of benzene rings is 1. The quantitative estimate of drug-likeness (QED) is 0.602. The fraction of sp³-hybridized carbons (Fsp3) is 0. The Labute approximate surface area is 62.5 Å². The van der Waals surface area contributed by atoms with Crippen molar-refractivity contribution in [2.75, 3.05) is 0 Å². The molecular weight excluding hydrogens is 144 g/mol. The highest BCUT2D eigenvalue weighted by Crippen LogP contribution is 2.30. The Morgan fingerprint density at radius 2 is 2.00 bits per heavy atom. The first-order valence-electron chi connectivity index (χ1n) is 3.18. The Bertz CT molecular complexity index is 389. The summed E-state index contributed by atoms with van der Waals surface area (Å²) in [4.78, 5) is 0. The number of phenols is 1. The van der Waals surface area contributed by atoms with Gasteiger partial charge in [0.1, 0.15) is 11.3 Å². The number of phenolic OH excluding ortho intramolecular Hbond substituents is 1. The lowest BCUT2D eigenvalue weighted by atomic mass is 10.2. The first kappa shape index (κ1) is 6.09. The van der Waals surface area contributed by atoms with Crippen molar-refractivity contribution >= 4 is 11.0 Å². The maximum atomic E-state index is 9.21. The molecule has 0 saturated carbocycles. The average Bonchev–Trinajstić information content (AvgIpc) is 2.31. The van der Waals surface area contributed by atoms with Crippen LogP contribution in [0.3, 0.4) is 0 Å². The van der Waals surface area contributed by atoms with Gasteiger partial charge in [0.2, 0.25) is 0 Å². The molecule has 0 aliphatic rings. The van der Waals surface area contributed by atoms with Gasteiger partial charge < -0.3 is 14.6 Å². The zero-order valence-corrected chi connectivity index (χ0v) is 5.61. The minimum atomic E-state index is -0.179. The zero-order valence-electron chi connectivity index (χ0n) is 5.61. The van der Waals surface area contributed by atoms with Crippen molar-refractivity contribution < 1.29 is 14.6 Å². The van der Waals surface area contributed by atoms with E-state index in [2.05, 4.69) is 0 Å². The van der Waals surface area contributed by atoms with Crippen molar-refractivity contribution in [2.24, 2.45) is 0 Å². The molecule has 1 aromatic carbocycles. The Morgan fingerprint density at radius 3 is 2.73 bits per heavy atom. The van der Waals surface area contributed by atoms with Gasteiger partial charge in [-0.25, -0.2) is 0 Å². The molecule has 0 fully saturated rings. The zero-order chi connectivity index (χ0) is 7.84. The van der Waals surface area contributed by atoms with Crippen molar-refractivity contribution in [1.82, 2.24) is 0 Å². The lowest BCUT2D eigenvalue weighted by molar-refractivity contribution is 0.346. The highest BCUT2D eigenvalue weighted by atomic mass is 16.5. The van der Waals surface area contributed by atoms with E-state index in [9.17, 15) is 5.11 Å². The van der Waals surface area contributed by atoms with E-state index >= 15 is 0 Å². The molecule has 56 valence electrons. The van der Waals surface area contributed by atoms with E-state index < -0.39 is 0 Å². The summed E-state index contributed by atoms with van der Waals surface area (Å²) in [6.07, 6.45) is 0. The summed E-state index contributed by atoms with van der Waals surface area (Å²) in [6, 6.07) is 6.25. The lowest BCUT2D eigenvalue weighted by Crippen LogP contribution is -1.63. The van der Waals surface area contributed by atoms with Gasteiger partial charge in [0.25, 0.3) is 5.95 Å². The third kappa shape index (κ3) is 0.816. The number of fused-ring (bicyclic) bond motifs is 1. The second-order valence-corrected chi connectivity index (χ2v) is 2.27. The Morgan fingerprint density at radius 1 is 1.18 bits per heavy atom. The van der Waals surface area contributed by atoms with Crippen LogP contribution in [0.2, 0.25) is 0 Å². The molecule has 0 aliphatic heterocycles. The van der Waals surface area contributed by atoms with Gasteiger partial charge in [-0.2, -0.15) is 0 Å². The van der Waals surface area contributed by atoms with Crippen molar-refractivity contribution in [2.45, 2.75) is 0 Å². The van der Waals surface area contributed by atoms with E-state index in [1.165, 1.54) is 12.1 Å². The van der Waals surface area contributed by atoms with Crippen molar-refractivity contribution in [3.8, 4) is 11.7 Å². The first-order valence-corrected chi connectivity index (χ1v) is 3.18. The molecule has 0 amide bonds. The van der Waals surface area contributed by atoms with Gasteiger partial charge >= 0.3 is 0 Å². The number of hydrogen-bond donors (Lipinski definition) is 2. The van der Waals surface area contributed by atoms with Crippen LogP contribution in [-0.2, 0) is 0 Å². The number of rotatable bonds is 0. The van der Waals surface area contributed by atoms with Crippen molar-refractivity contribution in [3.63, 3.8) is 0 Å². The molecular formula is C8H6O3. The molecule has 2 N–H and O–H groups in total. The highest BCUT2D eigenvalue weighted by molar-refractivity contribution is 5.84. The van der Waals surface area contributed by atoms with Gasteiger partial charge in [0.15, 0.2) is 0 Å².